The van der Waals surface area contributed by atoms with Crippen molar-refractivity contribution in [1.82, 2.24) is 5.43 Å². The molecular weight excluding hydrogens is 396 g/mol. The Hall–Kier alpha value is -3.40. The predicted octanol–water partition coefficient (Wildman–Crippen LogP) is 5.55. The maximum Gasteiger partial charge on any atom is 0.244 e. The lowest BCUT2D eigenvalue weighted by Crippen LogP contribution is -2.26. The van der Waals surface area contributed by atoms with Crippen molar-refractivity contribution in [3.8, 4) is 5.75 Å². The fourth-order valence-electron chi connectivity index (χ4n) is 4.47. The minimum Gasteiger partial charge on any atom is -0.494 e. The molecule has 0 aromatic heterocycles. The quantitative estimate of drug-likeness (QED) is 0.398. The third kappa shape index (κ3) is 4.31. The zero-order valence-corrected chi connectivity index (χ0v) is 19.2. The van der Waals surface area contributed by atoms with Gasteiger partial charge in [-0.25, -0.2) is 5.43 Å². The Kier molecular flexibility index (Phi) is 6.13. The molecule has 0 aliphatic heterocycles. The molecule has 1 saturated carbocycles. The number of rotatable bonds is 7. The number of ether oxygens (including phenoxy) is 1. The monoisotopic (exact) mass is 426 g/mol. The molecule has 0 saturated heterocycles. The van der Waals surface area contributed by atoms with Crippen molar-refractivity contribution in [2.45, 2.75) is 39.5 Å². The molecule has 1 aliphatic carbocycles. The second-order valence-corrected chi connectivity index (χ2v) is 8.60. The first kappa shape index (κ1) is 21.8. The van der Waals surface area contributed by atoms with E-state index in [0.717, 1.165) is 23.4 Å². The highest BCUT2D eigenvalue weighted by atomic mass is 16.5. The fraction of sp³-hybridized carbons (Fsp3) is 0.286. The van der Waals surface area contributed by atoms with Crippen molar-refractivity contribution in [3.63, 3.8) is 0 Å². The van der Waals surface area contributed by atoms with E-state index in [1.54, 1.807) is 0 Å². The SMILES string of the molecule is CCOc1ccc(/C(C)=N/NC(=O)[C@@H]2CC2(c2cccc(C)c2)c2cccc(C)c2)cc1. The van der Waals surface area contributed by atoms with Crippen LogP contribution in [0.4, 0.5) is 0 Å². The number of amides is 1. The standard InChI is InChI=1S/C28H30N2O2/c1-5-32-25-14-12-22(13-15-25)21(4)29-30-27(31)26-18-28(26,23-10-6-8-19(2)16-23)24-11-7-9-20(3)17-24/h6-17,26H,5,18H2,1-4H3,(H,30,31)/b29-21+/t26-/m0/s1. The number of carbonyl (C=O) groups is 1. The van der Waals surface area contributed by atoms with E-state index in [1.165, 1.54) is 22.3 Å². The van der Waals surface area contributed by atoms with Crippen LogP contribution in [0, 0.1) is 19.8 Å². The molecular formula is C28H30N2O2. The smallest absolute Gasteiger partial charge is 0.244 e. The number of nitrogens with zero attached hydrogens (tertiary/aromatic N) is 1. The molecule has 0 bridgehead atoms. The van der Waals surface area contributed by atoms with Gasteiger partial charge in [0.05, 0.1) is 18.2 Å². The lowest BCUT2D eigenvalue weighted by atomic mass is 9.84. The van der Waals surface area contributed by atoms with Gasteiger partial charge in [0.25, 0.3) is 0 Å². The third-order valence-corrected chi connectivity index (χ3v) is 6.26. The largest absolute Gasteiger partial charge is 0.494 e. The van der Waals surface area contributed by atoms with E-state index < -0.39 is 0 Å². The van der Waals surface area contributed by atoms with Gasteiger partial charge in [0.1, 0.15) is 5.75 Å². The van der Waals surface area contributed by atoms with Crippen LogP contribution in [0.15, 0.2) is 77.9 Å². The van der Waals surface area contributed by atoms with Crippen molar-refractivity contribution >= 4 is 11.6 Å². The topological polar surface area (TPSA) is 50.7 Å². The lowest BCUT2D eigenvalue weighted by Gasteiger charge is -2.20. The number of hydrazone groups is 1. The normalized spacial score (nSPS) is 17.0. The van der Waals surface area contributed by atoms with Crippen molar-refractivity contribution in [3.05, 3.63) is 101 Å². The van der Waals surface area contributed by atoms with E-state index in [1.807, 2.05) is 38.1 Å². The van der Waals surface area contributed by atoms with Crippen LogP contribution in [-0.4, -0.2) is 18.2 Å². The van der Waals surface area contributed by atoms with E-state index in [-0.39, 0.29) is 17.2 Å². The molecule has 4 nitrogen and oxygen atoms in total. The molecule has 1 aliphatic rings. The van der Waals surface area contributed by atoms with Crippen molar-refractivity contribution in [2.24, 2.45) is 11.0 Å². The van der Waals surface area contributed by atoms with Gasteiger partial charge in [0.2, 0.25) is 5.91 Å². The molecule has 4 rings (SSSR count). The molecule has 0 radical (unpaired) electrons. The van der Waals surface area contributed by atoms with Crippen LogP contribution in [0.2, 0.25) is 0 Å². The first-order chi connectivity index (χ1) is 15.4. The molecule has 32 heavy (non-hydrogen) atoms. The van der Waals surface area contributed by atoms with Gasteiger partial charge >= 0.3 is 0 Å². The second-order valence-electron chi connectivity index (χ2n) is 8.60. The van der Waals surface area contributed by atoms with Gasteiger partial charge < -0.3 is 4.74 Å². The Balaban J connectivity index is 1.56. The molecule has 0 heterocycles. The number of hydrogen-bond donors (Lipinski definition) is 1. The van der Waals surface area contributed by atoms with E-state index in [9.17, 15) is 4.79 Å². The van der Waals surface area contributed by atoms with Gasteiger partial charge in [-0.2, -0.15) is 5.10 Å². The Morgan fingerprint density at radius 2 is 1.59 bits per heavy atom. The number of aryl methyl sites for hydroxylation is 2. The average molecular weight is 427 g/mol. The van der Waals surface area contributed by atoms with Gasteiger partial charge in [-0.3, -0.25) is 4.79 Å². The lowest BCUT2D eigenvalue weighted by molar-refractivity contribution is -0.122. The van der Waals surface area contributed by atoms with Gasteiger partial charge in [-0.05, 0) is 75.1 Å². The molecule has 1 amide bonds. The fourth-order valence-corrected chi connectivity index (χ4v) is 4.47. The van der Waals surface area contributed by atoms with Gasteiger partial charge in [0.15, 0.2) is 0 Å². The minimum atomic E-state index is -0.301. The Morgan fingerprint density at radius 3 is 2.12 bits per heavy atom. The summed E-state index contributed by atoms with van der Waals surface area (Å²) in [6.45, 7) is 8.68. The van der Waals surface area contributed by atoms with E-state index >= 15 is 0 Å². The first-order valence-corrected chi connectivity index (χ1v) is 11.2. The first-order valence-electron chi connectivity index (χ1n) is 11.2. The molecule has 3 aromatic carbocycles. The molecule has 1 fully saturated rings. The molecule has 3 aromatic rings. The van der Waals surface area contributed by atoms with Crippen LogP contribution in [0.3, 0.4) is 0 Å². The Labute approximate surface area is 190 Å². The summed E-state index contributed by atoms with van der Waals surface area (Å²) in [5.74, 6) is 0.633. The van der Waals surface area contributed by atoms with E-state index in [0.29, 0.717) is 6.61 Å². The summed E-state index contributed by atoms with van der Waals surface area (Å²) in [6, 6.07) is 24.7. The summed E-state index contributed by atoms with van der Waals surface area (Å²) < 4.78 is 5.49. The molecule has 1 N–H and O–H groups in total. The van der Waals surface area contributed by atoms with Crippen LogP contribution >= 0.6 is 0 Å². The third-order valence-electron chi connectivity index (χ3n) is 6.26. The summed E-state index contributed by atoms with van der Waals surface area (Å²) in [5.41, 5.74) is 9.02. The number of hydrogen-bond acceptors (Lipinski definition) is 3. The minimum absolute atomic E-state index is 0.0432. The highest BCUT2D eigenvalue weighted by molar-refractivity contribution is 5.99. The number of benzene rings is 3. The van der Waals surface area contributed by atoms with Crippen LogP contribution in [0.1, 0.15) is 48.1 Å². The van der Waals surface area contributed by atoms with Crippen molar-refractivity contribution < 1.29 is 9.53 Å². The maximum absolute atomic E-state index is 13.2. The van der Waals surface area contributed by atoms with E-state index in [4.69, 9.17) is 4.74 Å². The van der Waals surface area contributed by atoms with E-state index in [2.05, 4.69) is 72.9 Å². The van der Waals surface area contributed by atoms with Crippen molar-refractivity contribution in [2.75, 3.05) is 6.61 Å². The molecule has 4 heteroatoms. The molecule has 0 spiro atoms. The molecule has 0 unspecified atom stereocenters. The van der Waals surface area contributed by atoms with Crippen LogP contribution in [0.25, 0.3) is 0 Å². The van der Waals surface area contributed by atoms with Crippen molar-refractivity contribution in [1.29, 1.82) is 0 Å². The zero-order chi connectivity index (χ0) is 22.7. The van der Waals surface area contributed by atoms with Gasteiger partial charge in [-0.15, -0.1) is 0 Å². The number of carbonyl (C=O) groups excluding carboxylic acids is 1. The average Bonchev–Trinajstić information content (AvgIpc) is 3.55. The van der Waals surface area contributed by atoms with Gasteiger partial charge in [-0.1, -0.05) is 59.7 Å². The molecule has 164 valence electrons. The zero-order valence-electron chi connectivity index (χ0n) is 19.2. The van der Waals surface area contributed by atoms with Crippen LogP contribution < -0.4 is 10.2 Å². The molecule has 1 atom stereocenters. The Morgan fingerprint density at radius 1 is 1.00 bits per heavy atom. The number of nitrogens with one attached hydrogen (secondary N) is 1. The van der Waals surface area contributed by atoms with Crippen LogP contribution in [0.5, 0.6) is 5.75 Å². The summed E-state index contributed by atoms with van der Waals surface area (Å²) >= 11 is 0. The predicted molar refractivity (Wildman–Crippen MR) is 129 cm³/mol. The van der Waals surface area contributed by atoms with Crippen LogP contribution in [-0.2, 0) is 10.2 Å². The highest BCUT2D eigenvalue weighted by Crippen LogP contribution is 2.59. The summed E-state index contributed by atoms with van der Waals surface area (Å²) in [6.07, 6.45) is 0.781. The highest BCUT2D eigenvalue weighted by Gasteiger charge is 2.60. The summed E-state index contributed by atoms with van der Waals surface area (Å²) in [5, 5.41) is 4.40. The summed E-state index contributed by atoms with van der Waals surface area (Å²) in [7, 11) is 0. The second kappa shape index (κ2) is 8.99. The maximum atomic E-state index is 13.2. The Bertz CT molecular complexity index is 1100. The van der Waals surface area contributed by atoms with Gasteiger partial charge in [0, 0.05) is 5.41 Å². The summed E-state index contributed by atoms with van der Waals surface area (Å²) in [4.78, 5) is 13.2.